The smallest absolute Gasteiger partial charge is 0.119 e. The van der Waals surface area contributed by atoms with E-state index in [0.29, 0.717) is 12.2 Å². The average Bonchev–Trinajstić information content (AvgIpc) is 2.63. The van der Waals surface area contributed by atoms with Crippen LogP contribution in [-0.2, 0) is 22.3 Å². The Hall–Kier alpha value is -1.06. The average molecular weight is 431 g/mol. The zero-order chi connectivity index (χ0) is 22.8. The highest BCUT2D eigenvalue weighted by Gasteiger charge is 2.37. The quantitative estimate of drug-likeness (QED) is 0.463. The Labute approximate surface area is 190 Å². The van der Waals surface area contributed by atoms with Gasteiger partial charge in [0, 0.05) is 12.8 Å². The molecule has 0 aromatic heterocycles. The largest absolute Gasteiger partial charge is 0.508 e. The van der Waals surface area contributed by atoms with Crippen molar-refractivity contribution in [3.63, 3.8) is 0 Å². The Morgan fingerprint density at radius 2 is 1.19 bits per heavy atom. The van der Waals surface area contributed by atoms with E-state index in [1.54, 1.807) is 0 Å². The van der Waals surface area contributed by atoms with Crippen LogP contribution in [0.2, 0.25) is 0 Å². The van der Waals surface area contributed by atoms with Gasteiger partial charge in [0.15, 0.2) is 0 Å². The zero-order valence-corrected chi connectivity index (χ0v) is 21.0. The Morgan fingerprint density at radius 3 is 1.68 bits per heavy atom. The number of aromatic hydroxyl groups is 1. The topological polar surface area (TPSA) is 38.7 Å². The first-order valence-corrected chi connectivity index (χ1v) is 12.6. The Bertz CT molecular complexity index is 722. The summed E-state index contributed by atoms with van der Waals surface area (Å²) in [6, 6.07) is 5.93. The van der Waals surface area contributed by atoms with Gasteiger partial charge in [-0.05, 0) is 84.4 Å². The zero-order valence-electron chi connectivity index (χ0n) is 21.0. The van der Waals surface area contributed by atoms with E-state index < -0.39 is 0 Å². The van der Waals surface area contributed by atoms with Crippen molar-refractivity contribution in [2.45, 2.75) is 141 Å². The molecule has 0 aliphatic heterocycles. The van der Waals surface area contributed by atoms with Crippen LogP contribution in [0.4, 0.5) is 0 Å². The van der Waals surface area contributed by atoms with Crippen LogP contribution in [0.1, 0.15) is 117 Å². The van der Waals surface area contributed by atoms with Crippen molar-refractivity contribution in [1.29, 1.82) is 0 Å². The predicted molar refractivity (Wildman–Crippen MR) is 129 cm³/mol. The Morgan fingerprint density at radius 1 is 0.742 bits per heavy atom. The van der Waals surface area contributed by atoms with Gasteiger partial charge in [-0.2, -0.15) is 0 Å². The maximum absolute atomic E-state index is 10.8. The molecule has 0 atom stereocenters. The molecular formula is C28H46O3. The second kappa shape index (κ2) is 9.43. The van der Waals surface area contributed by atoms with Gasteiger partial charge in [-0.25, -0.2) is 0 Å². The molecule has 1 aromatic carbocycles. The standard InChI is InChI=1S/C28H46O3/c1-25(2,30-27(5)16-9-7-10-17-27)20-22-14-13-15-24(29)23(22)21-26(3,4)31-28(6)18-11-8-12-19-28/h13-15,29H,7-12,16-21H2,1-6H3. The van der Waals surface area contributed by atoms with Crippen molar-refractivity contribution in [2.24, 2.45) is 0 Å². The molecule has 2 aliphatic rings. The minimum atomic E-state index is -0.333. The van der Waals surface area contributed by atoms with Crippen molar-refractivity contribution in [3.05, 3.63) is 29.3 Å². The number of ether oxygens (including phenoxy) is 2. The van der Waals surface area contributed by atoms with Gasteiger partial charge < -0.3 is 14.6 Å². The Balaban J connectivity index is 1.74. The lowest BCUT2D eigenvalue weighted by molar-refractivity contribution is -0.148. The van der Waals surface area contributed by atoms with Crippen molar-refractivity contribution >= 4 is 0 Å². The summed E-state index contributed by atoms with van der Waals surface area (Å²) < 4.78 is 13.4. The van der Waals surface area contributed by atoms with Gasteiger partial charge in [0.2, 0.25) is 0 Å². The summed E-state index contributed by atoms with van der Waals surface area (Å²) in [7, 11) is 0. The molecule has 0 bridgehead atoms. The summed E-state index contributed by atoms with van der Waals surface area (Å²) in [5.74, 6) is 0.377. The number of phenols is 1. The van der Waals surface area contributed by atoms with Crippen LogP contribution in [0.25, 0.3) is 0 Å². The summed E-state index contributed by atoms with van der Waals surface area (Å²) in [6.07, 6.45) is 13.7. The molecule has 3 heteroatoms. The lowest BCUT2D eigenvalue weighted by Crippen LogP contribution is -2.43. The van der Waals surface area contributed by atoms with Crippen LogP contribution < -0.4 is 0 Å². The summed E-state index contributed by atoms with van der Waals surface area (Å²) in [5.41, 5.74) is 1.49. The molecule has 0 spiro atoms. The number of benzene rings is 1. The summed E-state index contributed by atoms with van der Waals surface area (Å²) in [6.45, 7) is 13.3. The number of hydrogen-bond acceptors (Lipinski definition) is 3. The number of phenolic OH excluding ortho intramolecular Hbond substituents is 1. The highest BCUT2D eigenvalue weighted by Crippen LogP contribution is 2.39. The lowest BCUT2D eigenvalue weighted by atomic mass is 9.83. The van der Waals surface area contributed by atoms with Crippen LogP contribution in [-0.4, -0.2) is 27.5 Å². The Kier molecular flexibility index (Phi) is 7.48. The van der Waals surface area contributed by atoms with Crippen molar-refractivity contribution in [2.75, 3.05) is 0 Å². The van der Waals surface area contributed by atoms with Crippen LogP contribution in [0.3, 0.4) is 0 Å². The highest BCUT2D eigenvalue weighted by molar-refractivity contribution is 5.41. The molecule has 0 radical (unpaired) electrons. The van der Waals surface area contributed by atoms with Crippen LogP contribution >= 0.6 is 0 Å². The maximum atomic E-state index is 10.8. The minimum Gasteiger partial charge on any atom is -0.508 e. The third-order valence-electron chi connectivity index (χ3n) is 7.33. The molecule has 2 saturated carbocycles. The molecule has 31 heavy (non-hydrogen) atoms. The molecule has 2 aliphatic carbocycles. The van der Waals surface area contributed by atoms with Gasteiger partial charge in [0.05, 0.1) is 22.4 Å². The van der Waals surface area contributed by atoms with E-state index in [9.17, 15) is 5.11 Å². The molecule has 3 nitrogen and oxygen atoms in total. The van der Waals surface area contributed by atoms with E-state index in [1.807, 2.05) is 12.1 Å². The molecule has 1 aromatic rings. The fourth-order valence-electron chi connectivity index (χ4n) is 6.08. The minimum absolute atomic E-state index is 0.0311. The van der Waals surface area contributed by atoms with Crippen LogP contribution in [0.5, 0.6) is 5.75 Å². The van der Waals surface area contributed by atoms with E-state index in [-0.39, 0.29) is 22.4 Å². The molecule has 2 fully saturated rings. The van der Waals surface area contributed by atoms with E-state index >= 15 is 0 Å². The fourth-order valence-corrected chi connectivity index (χ4v) is 6.08. The third-order valence-corrected chi connectivity index (χ3v) is 7.33. The first-order chi connectivity index (χ1) is 14.4. The fraction of sp³-hybridized carbons (Fsp3) is 0.786. The maximum Gasteiger partial charge on any atom is 0.119 e. The molecule has 1 N–H and O–H groups in total. The molecular weight excluding hydrogens is 384 g/mol. The second-order valence-corrected chi connectivity index (χ2v) is 12.0. The third kappa shape index (κ3) is 6.96. The first kappa shape index (κ1) is 24.6. The monoisotopic (exact) mass is 430 g/mol. The van der Waals surface area contributed by atoms with Crippen LogP contribution in [0.15, 0.2) is 18.2 Å². The molecule has 3 rings (SSSR count). The normalized spacial score (nSPS) is 21.7. The van der Waals surface area contributed by atoms with Crippen molar-refractivity contribution < 1.29 is 14.6 Å². The van der Waals surface area contributed by atoms with E-state index in [2.05, 4.69) is 47.6 Å². The van der Waals surface area contributed by atoms with Crippen LogP contribution in [0, 0.1) is 0 Å². The highest BCUT2D eigenvalue weighted by atomic mass is 16.5. The van der Waals surface area contributed by atoms with Gasteiger partial charge in [-0.1, -0.05) is 50.7 Å². The van der Waals surface area contributed by atoms with E-state index in [0.717, 1.165) is 37.7 Å². The SMILES string of the molecule is CC(C)(Cc1cccc(O)c1CC(C)(C)OC1(C)CCCCC1)OC1(C)CCCCC1. The van der Waals surface area contributed by atoms with E-state index in [4.69, 9.17) is 9.47 Å². The molecule has 176 valence electrons. The summed E-state index contributed by atoms with van der Waals surface area (Å²) in [4.78, 5) is 0. The second-order valence-electron chi connectivity index (χ2n) is 12.0. The predicted octanol–water partition coefficient (Wildman–Crippen LogP) is 7.51. The van der Waals surface area contributed by atoms with Gasteiger partial charge in [0.1, 0.15) is 5.75 Å². The van der Waals surface area contributed by atoms with Gasteiger partial charge in [-0.15, -0.1) is 0 Å². The summed E-state index contributed by atoms with van der Waals surface area (Å²) >= 11 is 0. The number of rotatable bonds is 8. The van der Waals surface area contributed by atoms with Gasteiger partial charge in [0.25, 0.3) is 0 Å². The van der Waals surface area contributed by atoms with Crippen molar-refractivity contribution in [3.8, 4) is 5.75 Å². The van der Waals surface area contributed by atoms with Gasteiger partial charge in [-0.3, -0.25) is 0 Å². The van der Waals surface area contributed by atoms with Crippen molar-refractivity contribution in [1.82, 2.24) is 0 Å². The lowest BCUT2D eigenvalue weighted by Gasteiger charge is -2.42. The molecule has 0 saturated heterocycles. The van der Waals surface area contributed by atoms with Gasteiger partial charge >= 0.3 is 0 Å². The molecule has 0 heterocycles. The number of hydrogen-bond donors (Lipinski definition) is 1. The molecule has 0 unspecified atom stereocenters. The van der Waals surface area contributed by atoms with E-state index in [1.165, 1.54) is 44.1 Å². The summed E-state index contributed by atoms with van der Waals surface area (Å²) in [5, 5.41) is 10.8. The molecule has 0 amide bonds. The first-order valence-electron chi connectivity index (χ1n) is 12.6.